The quantitative estimate of drug-likeness (QED) is 0.833. The van der Waals surface area contributed by atoms with Gasteiger partial charge in [-0.25, -0.2) is 4.98 Å². The molecule has 3 heteroatoms. The monoisotopic (exact) mass is 210 g/mol. The van der Waals surface area contributed by atoms with E-state index >= 15 is 0 Å². The number of nitrogens with two attached hydrogens (primary N) is 1. The van der Waals surface area contributed by atoms with Crippen molar-refractivity contribution in [3.05, 3.63) is 16.1 Å². The molecule has 0 saturated heterocycles. The highest BCUT2D eigenvalue weighted by Gasteiger charge is 2.26. The molecule has 0 amide bonds. The minimum atomic E-state index is 0.584. The van der Waals surface area contributed by atoms with Crippen molar-refractivity contribution >= 4 is 11.3 Å². The second-order valence-electron chi connectivity index (χ2n) is 4.17. The zero-order valence-corrected chi connectivity index (χ0v) is 9.52. The summed E-state index contributed by atoms with van der Waals surface area (Å²) < 4.78 is 0. The van der Waals surface area contributed by atoms with Crippen molar-refractivity contribution in [3.63, 3.8) is 0 Å². The topological polar surface area (TPSA) is 38.9 Å². The molecule has 1 fully saturated rings. The fraction of sp³-hybridized carbons (Fsp3) is 0.727. The summed E-state index contributed by atoms with van der Waals surface area (Å²) in [6.07, 6.45) is 5.38. The number of hydrogen-bond donors (Lipinski definition) is 1. The van der Waals surface area contributed by atoms with Crippen molar-refractivity contribution in [2.75, 3.05) is 0 Å². The summed E-state index contributed by atoms with van der Waals surface area (Å²) in [5.74, 6) is 1.66. The van der Waals surface area contributed by atoms with Gasteiger partial charge in [-0.1, -0.05) is 13.3 Å². The maximum atomic E-state index is 5.56. The van der Waals surface area contributed by atoms with E-state index in [1.165, 1.54) is 30.7 Å². The molecular formula is C11H18N2S. The summed E-state index contributed by atoms with van der Waals surface area (Å²) in [6.45, 7) is 2.88. The smallest absolute Gasteiger partial charge is 0.0959 e. The van der Waals surface area contributed by atoms with E-state index in [2.05, 4.69) is 17.3 Å². The van der Waals surface area contributed by atoms with E-state index in [0.29, 0.717) is 6.54 Å². The van der Waals surface area contributed by atoms with Crippen molar-refractivity contribution in [3.8, 4) is 0 Å². The first-order chi connectivity index (χ1) is 6.83. The lowest BCUT2D eigenvalue weighted by Crippen LogP contribution is -1.98. The van der Waals surface area contributed by atoms with Crippen molar-refractivity contribution < 1.29 is 0 Å². The van der Waals surface area contributed by atoms with Crippen LogP contribution in [0.4, 0.5) is 0 Å². The Bertz CT molecular complexity index is 295. The van der Waals surface area contributed by atoms with Crippen molar-refractivity contribution in [2.24, 2.45) is 11.7 Å². The van der Waals surface area contributed by atoms with Crippen LogP contribution in [0.2, 0.25) is 0 Å². The lowest BCUT2D eigenvalue weighted by Gasteiger charge is -2.05. The minimum Gasteiger partial charge on any atom is -0.325 e. The molecule has 0 aromatic carbocycles. The molecule has 78 valence electrons. The first kappa shape index (κ1) is 10.1. The Morgan fingerprint density at radius 3 is 3.00 bits per heavy atom. The zero-order chi connectivity index (χ0) is 9.97. The molecule has 0 radical (unpaired) electrons. The maximum Gasteiger partial charge on any atom is 0.0959 e. The summed E-state index contributed by atoms with van der Waals surface area (Å²) in [5, 5.41) is 3.43. The SMILES string of the molecule is CCC1CCC(c2nc(CN)cs2)C1. The Hall–Kier alpha value is -0.410. The van der Waals surface area contributed by atoms with Crippen LogP contribution in [0, 0.1) is 5.92 Å². The fourth-order valence-electron chi connectivity index (χ4n) is 2.27. The first-order valence-electron chi connectivity index (χ1n) is 5.47. The highest BCUT2D eigenvalue weighted by Crippen LogP contribution is 2.40. The number of rotatable bonds is 3. The largest absolute Gasteiger partial charge is 0.325 e. The molecule has 1 saturated carbocycles. The van der Waals surface area contributed by atoms with Crippen LogP contribution in [0.3, 0.4) is 0 Å². The van der Waals surface area contributed by atoms with Gasteiger partial charge in [-0.05, 0) is 25.2 Å². The number of hydrogen-bond acceptors (Lipinski definition) is 3. The summed E-state index contributed by atoms with van der Waals surface area (Å²) in [6, 6.07) is 0. The van der Waals surface area contributed by atoms with Crippen LogP contribution in [-0.2, 0) is 6.54 Å². The number of thiazole rings is 1. The molecule has 1 aliphatic carbocycles. The van der Waals surface area contributed by atoms with Gasteiger partial charge in [0, 0.05) is 17.8 Å². The van der Waals surface area contributed by atoms with Crippen molar-refractivity contribution in [1.29, 1.82) is 0 Å². The van der Waals surface area contributed by atoms with Crippen LogP contribution in [0.1, 0.15) is 49.2 Å². The lowest BCUT2D eigenvalue weighted by atomic mass is 10.0. The highest BCUT2D eigenvalue weighted by molar-refractivity contribution is 7.09. The van der Waals surface area contributed by atoms with Crippen LogP contribution < -0.4 is 5.73 Å². The summed E-state index contributed by atoms with van der Waals surface area (Å²) in [5.41, 5.74) is 6.62. The van der Waals surface area contributed by atoms with Gasteiger partial charge in [-0.15, -0.1) is 11.3 Å². The van der Waals surface area contributed by atoms with E-state index in [-0.39, 0.29) is 0 Å². The van der Waals surface area contributed by atoms with Gasteiger partial charge in [0.15, 0.2) is 0 Å². The Kier molecular flexibility index (Phi) is 3.19. The second-order valence-corrected chi connectivity index (χ2v) is 5.06. The molecule has 1 aromatic heterocycles. The molecule has 2 atom stereocenters. The average molecular weight is 210 g/mol. The van der Waals surface area contributed by atoms with Gasteiger partial charge in [-0.2, -0.15) is 0 Å². The van der Waals surface area contributed by atoms with Gasteiger partial charge in [0.2, 0.25) is 0 Å². The summed E-state index contributed by atoms with van der Waals surface area (Å²) >= 11 is 1.79. The van der Waals surface area contributed by atoms with Gasteiger partial charge in [0.05, 0.1) is 10.7 Å². The predicted molar refractivity (Wildman–Crippen MR) is 60.4 cm³/mol. The Morgan fingerprint density at radius 2 is 2.43 bits per heavy atom. The second kappa shape index (κ2) is 4.41. The van der Waals surface area contributed by atoms with E-state index in [4.69, 9.17) is 5.73 Å². The van der Waals surface area contributed by atoms with Crippen LogP contribution in [0.25, 0.3) is 0 Å². The lowest BCUT2D eigenvalue weighted by molar-refractivity contribution is 0.521. The number of aromatic nitrogens is 1. The maximum absolute atomic E-state index is 5.56. The zero-order valence-electron chi connectivity index (χ0n) is 8.70. The Balaban J connectivity index is 2.02. The molecule has 1 heterocycles. The first-order valence-corrected chi connectivity index (χ1v) is 6.35. The molecule has 2 unspecified atom stereocenters. The molecule has 2 N–H and O–H groups in total. The summed E-state index contributed by atoms with van der Waals surface area (Å²) in [7, 11) is 0. The van der Waals surface area contributed by atoms with E-state index in [1.807, 2.05) is 0 Å². The average Bonchev–Trinajstić information content (AvgIpc) is 2.86. The molecular weight excluding hydrogens is 192 g/mol. The molecule has 0 bridgehead atoms. The van der Waals surface area contributed by atoms with Crippen molar-refractivity contribution in [2.45, 2.75) is 45.1 Å². The molecule has 0 aliphatic heterocycles. The molecule has 14 heavy (non-hydrogen) atoms. The molecule has 1 aliphatic rings. The van der Waals surface area contributed by atoms with E-state index in [9.17, 15) is 0 Å². The molecule has 1 aromatic rings. The van der Waals surface area contributed by atoms with Gasteiger partial charge in [0.25, 0.3) is 0 Å². The van der Waals surface area contributed by atoms with Gasteiger partial charge >= 0.3 is 0 Å². The summed E-state index contributed by atoms with van der Waals surface area (Å²) in [4.78, 5) is 4.57. The Labute approximate surface area is 89.5 Å². The predicted octanol–water partition coefficient (Wildman–Crippen LogP) is 2.90. The standard InChI is InChI=1S/C11H18N2S/c1-2-8-3-4-9(5-8)11-13-10(6-12)7-14-11/h7-9H,2-6,12H2,1H3. The van der Waals surface area contributed by atoms with Gasteiger partial charge in [0.1, 0.15) is 0 Å². The highest BCUT2D eigenvalue weighted by atomic mass is 32.1. The third-order valence-electron chi connectivity index (χ3n) is 3.25. The molecule has 2 rings (SSSR count). The third kappa shape index (κ3) is 1.98. The van der Waals surface area contributed by atoms with Crippen molar-refractivity contribution in [1.82, 2.24) is 4.98 Å². The number of nitrogens with zero attached hydrogens (tertiary/aromatic N) is 1. The minimum absolute atomic E-state index is 0.584. The van der Waals surface area contributed by atoms with Gasteiger partial charge < -0.3 is 5.73 Å². The Morgan fingerprint density at radius 1 is 1.57 bits per heavy atom. The van der Waals surface area contributed by atoms with Crippen LogP contribution in [0.5, 0.6) is 0 Å². The fourth-order valence-corrected chi connectivity index (χ4v) is 3.26. The van der Waals surface area contributed by atoms with Crippen LogP contribution in [-0.4, -0.2) is 4.98 Å². The van der Waals surface area contributed by atoms with E-state index in [1.54, 1.807) is 11.3 Å². The van der Waals surface area contributed by atoms with Gasteiger partial charge in [-0.3, -0.25) is 0 Å². The molecule has 0 spiro atoms. The van der Waals surface area contributed by atoms with E-state index < -0.39 is 0 Å². The molecule has 2 nitrogen and oxygen atoms in total. The van der Waals surface area contributed by atoms with Crippen LogP contribution in [0.15, 0.2) is 5.38 Å². The normalized spacial score (nSPS) is 27.0. The van der Waals surface area contributed by atoms with Crippen LogP contribution >= 0.6 is 11.3 Å². The third-order valence-corrected chi connectivity index (χ3v) is 4.30. The van der Waals surface area contributed by atoms with E-state index in [0.717, 1.165) is 17.5 Å².